The highest BCUT2D eigenvalue weighted by molar-refractivity contribution is 7.92. The molecule has 3 aromatic carbocycles. The third-order valence-electron chi connectivity index (χ3n) is 5.77. The van der Waals surface area contributed by atoms with E-state index in [4.69, 9.17) is 23.2 Å². The molecule has 1 N–H and O–H groups in total. The first-order chi connectivity index (χ1) is 18.0. The zero-order valence-electron chi connectivity index (χ0n) is 21.5. The van der Waals surface area contributed by atoms with Gasteiger partial charge in [0, 0.05) is 19.0 Å². The van der Waals surface area contributed by atoms with Crippen molar-refractivity contribution in [2.75, 3.05) is 17.1 Å². The van der Waals surface area contributed by atoms with Crippen molar-refractivity contribution < 1.29 is 18.0 Å². The molecule has 0 saturated carbocycles. The number of amides is 2. The number of sulfonamides is 1. The molecule has 0 saturated heterocycles. The summed E-state index contributed by atoms with van der Waals surface area (Å²) in [5, 5.41) is 3.33. The Kier molecular flexibility index (Phi) is 10.2. The summed E-state index contributed by atoms with van der Waals surface area (Å²) >= 11 is 12.2. The van der Waals surface area contributed by atoms with Crippen molar-refractivity contribution in [1.82, 2.24) is 10.2 Å². The number of hydrogen-bond acceptors (Lipinski definition) is 4. The van der Waals surface area contributed by atoms with Crippen LogP contribution in [0.15, 0.2) is 78.9 Å². The molecule has 10 heteroatoms. The summed E-state index contributed by atoms with van der Waals surface area (Å²) in [6.45, 7) is 3.28. The fourth-order valence-electron chi connectivity index (χ4n) is 3.97. The molecule has 0 heterocycles. The quantitative estimate of drug-likeness (QED) is 0.351. The molecular weight excluding hydrogens is 545 g/mol. The molecular formula is C28H31Cl2N3O4S. The van der Waals surface area contributed by atoms with Gasteiger partial charge in [0.15, 0.2) is 0 Å². The number of benzene rings is 3. The maximum Gasteiger partial charge on any atom is 0.244 e. The largest absolute Gasteiger partial charge is 0.352 e. The number of nitrogens with zero attached hydrogens (tertiary/aromatic N) is 2. The Hall–Kier alpha value is -3.07. The Morgan fingerprint density at radius 1 is 0.868 bits per heavy atom. The SMILES string of the molecule is CC(C)NC(=O)[C@H](Cc1ccccc1)N(Cc1ccccc1)C(=O)CN(c1ccc(Cl)c(Cl)c1)S(C)(=O)=O. The van der Waals surface area contributed by atoms with Gasteiger partial charge in [-0.1, -0.05) is 83.9 Å². The Morgan fingerprint density at radius 2 is 1.45 bits per heavy atom. The summed E-state index contributed by atoms with van der Waals surface area (Å²) < 4.78 is 26.5. The van der Waals surface area contributed by atoms with Gasteiger partial charge in [-0.15, -0.1) is 0 Å². The second-order valence-electron chi connectivity index (χ2n) is 9.24. The van der Waals surface area contributed by atoms with E-state index in [0.29, 0.717) is 0 Å². The molecule has 202 valence electrons. The van der Waals surface area contributed by atoms with Crippen LogP contribution in [0.5, 0.6) is 0 Å². The maximum atomic E-state index is 13.9. The summed E-state index contributed by atoms with van der Waals surface area (Å²) in [5.74, 6) is -0.862. The molecule has 0 radical (unpaired) electrons. The van der Waals surface area contributed by atoms with Crippen LogP contribution in [0.3, 0.4) is 0 Å². The van der Waals surface area contributed by atoms with Crippen LogP contribution in [-0.2, 0) is 32.6 Å². The molecule has 0 unspecified atom stereocenters. The van der Waals surface area contributed by atoms with Crippen molar-refractivity contribution >= 4 is 50.7 Å². The Morgan fingerprint density at radius 3 is 1.97 bits per heavy atom. The van der Waals surface area contributed by atoms with Crippen molar-refractivity contribution in [1.29, 1.82) is 0 Å². The molecule has 0 bridgehead atoms. The standard InChI is InChI=1S/C28H31Cl2N3O4S/c1-20(2)31-28(35)26(16-21-10-6-4-7-11-21)32(18-22-12-8-5-9-13-22)27(34)19-33(38(3,36)37)23-14-15-24(29)25(30)17-23/h4-15,17,20,26H,16,18-19H2,1-3H3,(H,31,35)/t26-/m0/s1. The number of hydrogen-bond donors (Lipinski definition) is 1. The first-order valence-electron chi connectivity index (χ1n) is 12.1. The highest BCUT2D eigenvalue weighted by atomic mass is 35.5. The number of nitrogens with one attached hydrogen (secondary N) is 1. The van der Waals surface area contributed by atoms with E-state index in [0.717, 1.165) is 21.7 Å². The van der Waals surface area contributed by atoms with Gasteiger partial charge in [-0.2, -0.15) is 0 Å². The lowest BCUT2D eigenvalue weighted by Crippen LogP contribution is -2.54. The Balaban J connectivity index is 2.04. The average molecular weight is 577 g/mol. The number of halogens is 2. The molecule has 7 nitrogen and oxygen atoms in total. The fraction of sp³-hybridized carbons (Fsp3) is 0.286. The number of carbonyl (C=O) groups is 2. The van der Waals surface area contributed by atoms with E-state index in [-0.39, 0.29) is 40.6 Å². The average Bonchev–Trinajstić information content (AvgIpc) is 2.86. The molecule has 0 spiro atoms. The number of anilines is 1. The molecule has 0 aliphatic heterocycles. The zero-order chi connectivity index (χ0) is 27.9. The second kappa shape index (κ2) is 13.1. The molecule has 0 aliphatic rings. The van der Waals surface area contributed by atoms with Crippen LogP contribution in [0.4, 0.5) is 5.69 Å². The van der Waals surface area contributed by atoms with E-state index < -0.39 is 28.5 Å². The molecule has 0 aromatic heterocycles. The highest BCUT2D eigenvalue weighted by Crippen LogP contribution is 2.28. The highest BCUT2D eigenvalue weighted by Gasteiger charge is 2.33. The second-order valence-corrected chi connectivity index (χ2v) is 12.0. The van der Waals surface area contributed by atoms with Gasteiger partial charge in [-0.25, -0.2) is 8.42 Å². The molecule has 1 atom stereocenters. The van der Waals surface area contributed by atoms with Crippen LogP contribution in [0.2, 0.25) is 10.0 Å². The van der Waals surface area contributed by atoms with E-state index in [1.54, 1.807) is 0 Å². The van der Waals surface area contributed by atoms with Gasteiger partial charge in [0.25, 0.3) is 0 Å². The van der Waals surface area contributed by atoms with Gasteiger partial charge in [0.1, 0.15) is 12.6 Å². The summed E-state index contributed by atoms with van der Waals surface area (Å²) in [5.41, 5.74) is 1.87. The molecule has 3 rings (SSSR count). The predicted molar refractivity (Wildman–Crippen MR) is 153 cm³/mol. The van der Waals surface area contributed by atoms with Crippen molar-refractivity contribution in [2.24, 2.45) is 0 Å². The number of carbonyl (C=O) groups excluding carboxylic acids is 2. The molecule has 38 heavy (non-hydrogen) atoms. The third-order valence-corrected chi connectivity index (χ3v) is 7.65. The Bertz CT molecular complexity index is 1350. The van der Waals surface area contributed by atoms with Crippen molar-refractivity contribution in [3.05, 3.63) is 100 Å². The first kappa shape index (κ1) is 29.5. The van der Waals surface area contributed by atoms with E-state index in [1.165, 1.54) is 23.1 Å². The smallest absolute Gasteiger partial charge is 0.244 e. The maximum absolute atomic E-state index is 13.9. The molecule has 0 fully saturated rings. The van der Waals surface area contributed by atoms with Crippen LogP contribution < -0.4 is 9.62 Å². The van der Waals surface area contributed by atoms with E-state index in [9.17, 15) is 18.0 Å². The minimum absolute atomic E-state index is 0.113. The van der Waals surface area contributed by atoms with Gasteiger partial charge in [0.05, 0.1) is 22.0 Å². The first-order valence-corrected chi connectivity index (χ1v) is 14.7. The summed E-state index contributed by atoms with van der Waals surface area (Å²) in [7, 11) is -3.89. The third kappa shape index (κ3) is 8.21. The van der Waals surface area contributed by atoms with Crippen molar-refractivity contribution in [3.8, 4) is 0 Å². The van der Waals surface area contributed by atoms with Gasteiger partial charge in [0.2, 0.25) is 21.8 Å². The van der Waals surface area contributed by atoms with Gasteiger partial charge < -0.3 is 10.2 Å². The summed E-state index contributed by atoms with van der Waals surface area (Å²) in [6, 6.07) is 22.0. The lowest BCUT2D eigenvalue weighted by atomic mass is 10.0. The van der Waals surface area contributed by atoms with Crippen LogP contribution in [0.25, 0.3) is 0 Å². The lowest BCUT2D eigenvalue weighted by molar-refractivity contribution is -0.140. The normalized spacial score (nSPS) is 12.2. The van der Waals surface area contributed by atoms with Crippen molar-refractivity contribution in [2.45, 2.75) is 38.9 Å². The van der Waals surface area contributed by atoms with Gasteiger partial charge in [-0.05, 0) is 43.2 Å². The monoisotopic (exact) mass is 575 g/mol. The summed E-state index contributed by atoms with van der Waals surface area (Å²) in [6.07, 6.45) is 1.26. The molecule has 0 aliphatic carbocycles. The number of rotatable bonds is 11. The van der Waals surface area contributed by atoms with Gasteiger partial charge >= 0.3 is 0 Å². The topological polar surface area (TPSA) is 86.8 Å². The fourth-order valence-corrected chi connectivity index (χ4v) is 5.10. The molecule has 3 aromatic rings. The van der Waals surface area contributed by atoms with E-state index >= 15 is 0 Å². The predicted octanol–water partition coefficient (Wildman–Crippen LogP) is 4.92. The van der Waals surface area contributed by atoms with Crippen LogP contribution in [0, 0.1) is 0 Å². The van der Waals surface area contributed by atoms with E-state index in [2.05, 4.69) is 5.32 Å². The molecule has 2 amide bonds. The van der Waals surface area contributed by atoms with Crippen LogP contribution in [-0.4, -0.2) is 50.0 Å². The zero-order valence-corrected chi connectivity index (χ0v) is 23.8. The minimum Gasteiger partial charge on any atom is -0.352 e. The lowest BCUT2D eigenvalue weighted by Gasteiger charge is -2.34. The van der Waals surface area contributed by atoms with Crippen molar-refractivity contribution in [3.63, 3.8) is 0 Å². The van der Waals surface area contributed by atoms with Crippen LogP contribution >= 0.6 is 23.2 Å². The summed E-state index contributed by atoms with van der Waals surface area (Å²) in [4.78, 5) is 28.8. The van der Waals surface area contributed by atoms with E-state index in [1.807, 2.05) is 74.5 Å². The van der Waals surface area contributed by atoms with Gasteiger partial charge in [-0.3, -0.25) is 13.9 Å². The minimum atomic E-state index is -3.89. The van der Waals surface area contributed by atoms with Crippen LogP contribution in [0.1, 0.15) is 25.0 Å². The Labute approximate surface area is 234 Å².